The number of thiophene rings is 1. The van der Waals surface area contributed by atoms with E-state index in [0.717, 1.165) is 15.6 Å². The van der Waals surface area contributed by atoms with Crippen molar-refractivity contribution in [2.75, 3.05) is 6.61 Å². The third-order valence-electron chi connectivity index (χ3n) is 2.40. The van der Waals surface area contributed by atoms with Crippen LogP contribution < -0.4 is 9.47 Å². The number of aldehydes is 1. The van der Waals surface area contributed by atoms with Crippen molar-refractivity contribution >= 4 is 33.6 Å². The van der Waals surface area contributed by atoms with Crippen molar-refractivity contribution < 1.29 is 14.3 Å². The first kappa shape index (κ1) is 14.1. The standard InChI is InChI=1S/C14H13BrO3S/c1-2-17-14-5-10(7-16)3-4-13(14)18-8-12-6-11(15)9-19-12/h3-7,9H,2,8H2,1H3. The van der Waals surface area contributed by atoms with Crippen LogP contribution in [0, 0.1) is 0 Å². The summed E-state index contributed by atoms with van der Waals surface area (Å²) >= 11 is 5.03. The maximum Gasteiger partial charge on any atom is 0.161 e. The van der Waals surface area contributed by atoms with E-state index in [9.17, 15) is 4.79 Å². The third-order valence-corrected chi connectivity index (χ3v) is 4.07. The monoisotopic (exact) mass is 340 g/mol. The molecule has 0 fully saturated rings. The molecule has 0 bridgehead atoms. The van der Waals surface area contributed by atoms with Crippen molar-refractivity contribution in [2.24, 2.45) is 0 Å². The summed E-state index contributed by atoms with van der Waals surface area (Å²) in [6, 6.07) is 7.19. The molecule has 100 valence electrons. The van der Waals surface area contributed by atoms with E-state index in [1.165, 1.54) is 0 Å². The second kappa shape index (κ2) is 6.73. The lowest BCUT2D eigenvalue weighted by Gasteiger charge is -2.11. The molecule has 0 saturated carbocycles. The van der Waals surface area contributed by atoms with Crippen molar-refractivity contribution in [1.82, 2.24) is 0 Å². The van der Waals surface area contributed by atoms with Gasteiger partial charge in [0.05, 0.1) is 6.61 Å². The first-order valence-corrected chi connectivity index (χ1v) is 7.48. The number of carbonyl (C=O) groups is 1. The topological polar surface area (TPSA) is 35.5 Å². The zero-order chi connectivity index (χ0) is 13.7. The van der Waals surface area contributed by atoms with Crippen LogP contribution in [0.4, 0.5) is 0 Å². The molecule has 2 rings (SSSR count). The molecule has 3 nitrogen and oxygen atoms in total. The van der Waals surface area contributed by atoms with Crippen LogP contribution >= 0.6 is 27.3 Å². The summed E-state index contributed by atoms with van der Waals surface area (Å²) in [5.41, 5.74) is 0.578. The summed E-state index contributed by atoms with van der Waals surface area (Å²) in [7, 11) is 0. The zero-order valence-electron chi connectivity index (χ0n) is 10.4. The van der Waals surface area contributed by atoms with Gasteiger partial charge in [-0.3, -0.25) is 4.79 Å². The maximum atomic E-state index is 10.8. The molecular weight excluding hydrogens is 328 g/mol. The van der Waals surface area contributed by atoms with E-state index in [1.807, 2.05) is 18.4 Å². The van der Waals surface area contributed by atoms with Crippen LogP contribution in [-0.2, 0) is 6.61 Å². The van der Waals surface area contributed by atoms with E-state index in [0.29, 0.717) is 30.3 Å². The molecule has 0 radical (unpaired) electrons. The van der Waals surface area contributed by atoms with Gasteiger partial charge >= 0.3 is 0 Å². The molecule has 0 N–H and O–H groups in total. The van der Waals surface area contributed by atoms with Gasteiger partial charge in [-0.05, 0) is 47.1 Å². The average Bonchev–Trinajstić information content (AvgIpc) is 2.83. The minimum absolute atomic E-state index is 0.483. The largest absolute Gasteiger partial charge is 0.490 e. The number of rotatable bonds is 6. The van der Waals surface area contributed by atoms with Gasteiger partial charge in [-0.25, -0.2) is 0 Å². The Kier molecular flexibility index (Phi) is 4.99. The van der Waals surface area contributed by atoms with Crippen LogP contribution in [0.15, 0.2) is 34.1 Å². The third kappa shape index (κ3) is 3.81. The van der Waals surface area contributed by atoms with Crippen LogP contribution in [0.3, 0.4) is 0 Å². The fraction of sp³-hybridized carbons (Fsp3) is 0.214. The van der Waals surface area contributed by atoms with Gasteiger partial charge < -0.3 is 9.47 Å². The van der Waals surface area contributed by atoms with E-state index in [2.05, 4.69) is 15.9 Å². The molecule has 1 aromatic heterocycles. The summed E-state index contributed by atoms with van der Waals surface area (Å²) in [6.07, 6.45) is 0.794. The van der Waals surface area contributed by atoms with Gasteiger partial charge in [-0.15, -0.1) is 11.3 Å². The first-order valence-electron chi connectivity index (χ1n) is 5.80. The fourth-order valence-corrected chi connectivity index (χ4v) is 2.93. The molecule has 19 heavy (non-hydrogen) atoms. The zero-order valence-corrected chi connectivity index (χ0v) is 12.8. The van der Waals surface area contributed by atoms with Crippen LogP contribution in [0.2, 0.25) is 0 Å². The Morgan fingerprint density at radius 1 is 1.26 bits per heavy atom. The molecule has 5 heteroatoms. The van der Waals surface area contributed by atoms with E-state index < -0.39 is 0 Å². The van der Waals surface area contributed by atoms with E-state index >= 15 is 0 Å². The van der Waals surface area contributed by atoms with Crippen LogP contribution in [0.1, 0.15) is 22.2 Å². The van der Waals surface area contributed by atoms with Gasteiger partial charge in [0.2, 0.25) is 0 Å². The van der Waals surface area contributed by atoms with Crippen molar-refractivity contribution in [3.8, 4) is 11.5 Å². The molecule has 0 atom stereocenters. The maximum absolute atomic E-state index is 10.8. The smallest absolute Gasteiger partial charge is 0.161 e. The van der Waals surface area contributed by atoms with Crippen LogP contribution in [0.25, 0.3) is 0 Å². The molecule has 2 aromatic rings. The van der Waals surface area contributed by atoms with Crippen molar-refractivity contribution in [3.63, 3.8) is 0 Å². The minimum atomic E-state index is 0.483. The number of benzene rings is 1. The Labute approximate surface area is 124 Å². The summed E-state index contributed by atoms with van der Waals surface area (Å²) in [5, 5.41) is 2.01. The van der Waals surface area contributed by atoms with Gasteiger partial charge in [-0.1, -0.05) is 0 Å². The van der Waals surface area contributed by atoms with Gasteiger partial charge in [0, 0.05) is 20.3 Å². The molecular formula is C14H13BrO3S. The predicted octanol–water partition coefficient (Wildman–Crippen LogP) is 4.30. The minimum Gasteiger partial charge on any atom is -0.490 e. The average molecular weight is 341 g/mol. The highest BCUT2D eigenvalue weighted by Gasteiger charge is 2.07. The summed E-state index contributed by atoms with van der Waals surface area (Å²) < 4.78 is 12.3. The second-order valence-corrected chi connectivity index (χ2v) is 5.69. The number of hydrogen-bond donors (Lipinski definition) is 0. The van der Waals surface area contributed by atoms with Gasteiger partial charge in [0.25, 0.3) is 0 Å². The highest BCUT2D eigenvalue weighted by Crippen LogP contribution is 2.30. The highest BCUT2D eigenvalue weighted by atomic mass is 79.9. The van der Waals surface area contributed by atoms with Gasteiger partial charge in [0.15, 0.2) is 11.5 Å². The van der Waals surface area contributed by atoms with Crippen molar-refractivity contribution in [3.05, 3.63) is 44.6 Å². The van der Waals surface area contributed by atoms with E-state index in [-0.39, 0.29) is 0 Å². The Hall–Kier alpha value is -1.33. The molecule has 0 unspecified atom stereocenters. The fourth-order valence-electron chi connectivity index (χ4n) is 1.56. The highest BCUT2D eigenvalue weighted by molar-refractivity contribution is 9.10. The number of halogens is 1. The van der Waals surface area contributed by atoms with E-state index in [4.69, 9.17) is 9.47 Å². The summed E-state index contributed by atoms with van der Waals surface area (Å²) in [4.78, 5) is 11.9. The quantitative estimate of drug-likeness (QED) is 0.735. The van der Waals surface area contributed by atoms with E-state index in [1.54, 1.807) is 29.5 Å². The lowest BCUT2D eigenvalue weighted by atomic mass is 10.2. The first-order chi connectivity index (χ1) is 9.22. The second-order valence-electron chi connectivity index (χ2n) is 3.78. The molecule has 1 aromatic carbocycles. The molecule has 0 aliphatic carbocycles. The van der Waals surface area contributed by atoms with Crippen molar-refractivity contribution in [1.29, 1.82) is 0 Å². The van der Waals surface area contributed by atoms with Gasteiger partial charge in [0.1, 0.15) is 12.9 Å². The lowest BCUT2D eigenvalue weighted by Crippen LogP contribution is -1.99. The molecule has 0 aliphatic heterocycles. The molecule has 0 aliphatic rings. The SMILES string of the molecule is CCOc1cc(C=O)ccc1OCc1cc(Br)cs1. The number of ether oxygens (including phenoxy) is 2. The number of hydrogen-bond acceptors (Lipinski definition) is 4. The predicted molar refractivity (Wildman–Crippen MR) is 79.3 cm³/mol. The molecule has 1 heterocycles. The van der Waals surface area contributed by atoms with Gasteiger partial charge in [-0.2, -0.15) is 0 Å². The summed E-state index contributed by atoms with van der Waals surface area (Å²) in [5.74, 6) is 1.25. The lowest BCUT2D eigenvalue weighted by molar-refractivity contribution is 0.112. The molecule has 0 amide bonds. The number of carbonyl (C=O) groups excluding carboxylic acids is 1. The Bertz CT molecular complexity index is 566. The normalized spacial score (nSPS) is 10.2. The Balaban J connectivity index is 2.12. The Morgan fingerprint density at radius 2 is 2.11 bits per heavy atom. The van der Waals surface area contributed by atoms with Crippen LogP contribution in [0.5, 0.6) is 11.5 Å². The summed E-state index contributed by atoms with van der Waals surface area (Å²) in [6.45, 7) is 2.91. The molecule has 0 spiro atoms. The van der Waals surface area contributed by atoms with Crippen LogP contribution in [-0.4, -0.2) is 12.9 Å². The Morgan fingerprint density at radius 3 is 2.74 bits per heavy atom. The molecule has 0 saturated heterocycles. The van der Waals surface area contributed by atoms with Crippen molar-refractivity contribution in [2.45, 2.75) is 13.5 Å².